The molecule has 120 valence electrons. The summed E-state index contributed by atoms with van der Waals surface area (Å²) in [6.07, 6.45) is 4.61. The maximum absolute atomic E-state index is 5.28. The lowest BCUT2D eigenvalue weighted by molar-refractivity contribution is 0.360. The average Bonchev–Trinajstić information content (AvgIpc) is 3.14. The van der Waals surface area contributed by atoms with Gasteiger partial charge in [0.15, 0.2) is 11.0 Å². The van der Waals surface area contributed by atoms with Crippen LogP contribution in [0.25, 0.3) is 5.69 Å². The molecule has 0 aliphatic heterocycles. The zero-order valence-electron chi connectivity index (χ0n) is 13.6. The molecule has 0 atom stereocenters. The number of hydrogen-bond donors (Lipinski definition) is 0. The normalized spacial score (nSPS) is 11.3. The van der Waals surface area contributed by atoms with Gasteiger partial charge in [-0.3, -0.25) is 4.57 Å². The number of aryl methyl sites for hydroxylation is 1. The molecule has 3 rings (SSSR count). The van der Waals surface area contributed by atoms with Gasteiger partial charge in [0.05, 0.1) is 11.4 Å². The first-order chi connectivity index (χ1) is 11.1. The summed E-state index contributed by atoms with van der Waals surface area (Å²) in [4.78, 5) is 8.88. The van der Waals surface area contributed by atoms with Crippen LogP contribution in [-0.4, -0.2) is 19.7 Å². The number of benzene rings is 1. The van der Waals surface area contributed by atoms with Crippen molar-refractivity contribution in [2.75, 3.05) is 0 Å². The van der Waals surface area contributed by atoms with Gasteiger partial charge in [-0.1, -0.05) is 49.0 Å². The summed E-state index contributed by atoms with van der Waals surface area (Å²) in [5.74, 6) is 2.57. The minimum Gasteiger partial charge on any atom is -0.339 e. The fraction of sp³-hybridized carbons (Fsp3) is 0.353. The lowest BCUT2D eigenvalue weighted by Crippen LogP contribution is -1.98. The van der Waals surface area contributed by atoms with Crippen LogP contribution in [0.3, 0.4) is 0 Å². The summed E-state index contributed by atoms with van der Waals surface area (Å²) in [5, 5.41) is 4.97. The standard InChI is InChI=1S/C17H20N4OS/c1-12(2)10-16-19-15(20-22-16)11-23-17-18-8-9-21(17)14-7-5-4-6-13(14)3/h4-9,12H,10-11H2,1-3H3. The molecule has 0 bridgehead atoms. The van der Waals surface area contributed by atoms with Gasteiger partial charge < -0.3 is 4.52 Å². The zero-order valence-corrected chi connectivity index (χ0v) is 14.4. The first-order valence-corrected chi connectivity index (χ1v) is 8.65. The van der Waals surface area contributed by atoms with Crippen LogP contribution in [0.5, 0.6) is 0 Å². The Hall–Kier alpha value is -2.08. The third-order valence-electron chi connectivity index (χ3n) is 3.41. The van der Waals surface area contributed by atoms with Crippen LogP contribution in [0.1, 0.15) is 31.1 Å². The number of nitrogens with zero attached hydrogens (tertiary/aromatic N) is 4. The predicted molar refractivity (Wildman–Crippen MR) is 90.7 cm³/mol. The smallest absolute Gasteiger partial charge is 0.226 e. The molecular weight excluding hydrogens is 308 g/mol. The van der Waals surface area contributed by atoms with Gasteiger partial charge in [0.2, 0.25) is 5.89 Å². The van der Waals surface area contributed by atoms with Gasteiger partial charge in [0, 0.05) is 18.8 Å². The van der Waals surface area contributed by atoms with E-state index in [4.69, 9.17) is 4.52 Å². The molecule has 0 saturated heterocycles. The molecule has 0 radical (unpaired) electrons. The van der Waals surface area contributed by atoms with Crippen molar-refractivity contribution in [1.29, 1.82) is 0 Å². The highest BCUT2D eigenvalue weighted by atomic mass is 32.2. The molecule has 0 N–H and O–H groups in total. The van der Waals surface area contributed by atoms with E-state index in [-0.39, 0.29) is 0 Å². The van der Waals surface area contributed by atoms with Crippen molar-refractivity contribution in [3.8, 4) is 5.69 Å². The number of para-hydroxylation sites is 1. The molecule has 0 fully saturated rings. The van der Waals surface area contributed by atoms with E-state index in [1.54, 1.807) is 11.8 Å². The van der Waals surface area contributed by atoms with Crippen molar-refractivity contribution in [1.82, 2.24) is 19.7 Å². The van der Waals surface area contributed by atoms with Gasteiger partial charge >= 0.3 is 0 Å². The van der Waals surface area contributed by atoms with E-state index in [0.717, 1.165) is 17.3 Å². The van der Waals surface area contributed by atoms with Crippen molar-refractivity contribution >= 4 is 11.8 Å². The largest absolute Gasteiger partial charge is 0.339 e. The first-order valence-electron chi connectivity index (χ1n) is 7.67. The van der Waals surface area contributed by atoms with Crippen LogP contribution in [-0.2, 0) is 12.2 Å². The van der Waals surface area contributed by atoms with Crippen molar-refractivity contribution in [3.63, 3.8) is 0 Å². The minimum absolute atomic E-state index is 0.510. The van der Waals surface area contributed by atoms with Crippen LogP contribution in [0.2, 0.25) is 0 Å². The van der Waals surface area contributed by atoms with Crippen molar-refractivity contribution in [3.05, 3.63) is 53.9 Å². The van der Waals surface area contributed by atoms with E-state index in [9.17, 15) is 0 Å². The number of hydrogen-bond acceptors (Lipinski definition) is 5. The van der Waals surface area contributed by atoms with Crippen LogP contribution in [0.4, 0.5) is 0 Å². The van der Waals surface area contributed by atoms with Crippen LogP contribution in [0.15, 0.2) is 46.3 Å². The molecule has 0 aliphatic carbocycles. The molecule has 0 spiro atoms. The third kappa shape index (κ3) is 3.82. The molecule has 0 unspecified atom stereocenters. The van der Waals surface area contributed by atoms with E-state index < -0.39 is 0 Å². The second-order valence-electron chi connectivity index (χ2n) is 5.86. The zero-order chi connectivity index (χ0) is 16.2. The highest BCUT2D eigenvalue weighted by molar-refractivity contribution is 7.98. The molecule has 0 aliphatic rings. The summed E-state index contributed by atoms with van der Waals surface area (Å²) in [7, 11) is 0. The van der Waals surface area contributed by atoms with E-state index in [2.05, 4.69) is 52.6 Å². The number of thioether (sulfide) groups is 1. The molecule has 6 heteroatoms. The fourth-order valence-corrected chi connectivity index (χ4v) is 3.13. The van der Waals surface area contributed by atoms with Crippen molar-refractivity contribution in [2.24, 2.45) is 5.92 Å². The maximum atomic E-state index is 5.28. The topological polar surface area (TPSA) is 56.7 Å². The molecule has 1 aromatic carbocycles. The Balaban J connectivity index is 1.71. The average molecular weight is 328 g/mol. The Morgan fingerprint density at radius 1 is 1.26 bits per heavy atom. The molecule has 3 aromatic rings. The molecule has 2 aromatic heterocycles. The van der Waals surface area contributed by atoms with E-state index in [1.807, 2.05) is 24.5 Å². The Kier molecular flexibility index (Phi) is 4.81. The summed E-state index contributed by atoms with van der Waals surface area (Å²) in [6, 6.07) is 8.27. The lowest BCUT2D eigenvalue weighted by atomic mass is 10.1. The molecule has 0 amide bonds. The maximum Gasteiger partial charge on any atom is 0.226 e. The lowest BCUT2D eigenvalue weighted by Gasteiger charge is -2.09. The van der Waals surface area contributed by atoms with Gasteiger partial charge in [0.1, 0.15) is 0 Å². The van der Waals surface area contributed by atoms with Crippen LogP contribution >= 0.6 is 11.8 Å². The van der Waals surface area contributed by atoms with E-state index in [0.29, 0.717) is 23.4 Å². The van der Waals surface area contributed by atoms with Crippen molar-refractivity contribution < 1.29 is 4.52 Å². The van der Waals surface area contributed by atoms with Gasteiger partial charge in [0.25, 0.3) is 0 Å². The van der Waals surface area contributed by atoms with Crippen LogP contribution < -0.4 is 0 Å². The molecule has 0 saturated carbocycles. The molecular formula is C17H20N4OS. The number of imidazole rings is 1. The van der Waals surface area contributed by atoms with E-state index >= 15 is 0 Å². The predicted octanol–water partition coefficient (Wildman–Crippen LogP) is 4.05. The Morgan fingerprint density at radius 3 is 2.87 bits per heavy atom. The van der Waals surface area contributed by atoms with Gasteiger partial charge in [-0.15, -0.1) is 0 Å². The minimum atomic E-state index is 0.510. The molecule has 23 heavy (non-hydrogen) atoms. The highest BCUT2D eigenvalue weighted by Gasteiger charge is 2.12. The Bertz CT molecular complexity index is 778. The second kappa shape index (κ2) is 7.00. The Labute approximate surface area is 140 Å². The van der Waals surface area contributed by atoms with Gasteiger partial charge in [-0.25, -0.2) is 4.98 Å². The van der Waals surface area contributed by atoms with E-state index in [1.165, 1.54) is 5.56 Å². The van der Waals surface area contributed by atoms with Gasteiger partial charge in [-0.05, 0) is 24.5 Å². The number of aromatic nitrogens is 4. The summed E-state index contributed by atoms with van der Waals surface area (Å²) < 4.78 is 7.37. The quantitative estimate of drug-likeness (QED) is 0.639. The first kappa shape index (κ1) is 15.8. The highest BCUT2D eigenvalue weighted by Crippen LogP contribution is 2.24. The van der Waals surface area contributed by atoms with Crippen LogP contribution in [0, 0.1) is 12.8 Å². The second-order valence-corrected chi connectivity index (χ2v) is 6.80. The molecule has 5 nitrogen and oxygen atoms in total. The summed E-state index contributed by atoms with van der Waals surface area (Å²) in [6.45, 7) is 6.37. The SMILES string of the molecule is Cc1ccccc1-n1ccnc1SCc1noc(CC(C)C)n1. The van der Waals surface area contributed by atoms with Gasteiger partial charge in [-0.2, -0.15) is 4.98 Å². The molecule has 2 heterocycles. The summed E-state index contributed by atoms with van der Waals surface area (Å²) >= 11 is 1.61. The third-order valence-corrected chi connectivity index (χ3v) is 4.37. The van der Waals surface area contributed by atoms with Crippen molar-refractivity contribution in [2.45, 2.75) is 38.1 Å². The number of rotatable bonds is 6. The fourth-order valence-electron chi connectivity index (χ4n) is 2.32. The summed E-state index contributed by atoms with van der Waals surface area (Å²) in [5.41, 5.74) is 2.35. The monoisotopic (exact) mass is 328 g/mol. The Morgan fingerprint density at radius 2 is 2.09 bits per heavy atom.